The topological polar surface area (TPSA) is 92.0 Å². The summed E-state index contributed by atoms with van der Waals surface area (Å²) in [5.74, 6) is 0.157. The monoisotopic (exact) mass is 444 g/mol. The van der Waals surface area contributed by atoms with Crippen LogP contribution >= 0.6 is 59.2 Å². The van der Waals surface area contributed by atoms with Crippen LogP contribution in [0, 0.1) is 17.7 Å². The van der Waals surface area contributed by atoms with E-state index in [1.165, 1.54) is 0 Å². The van der Waals surface area contributed by atoms with E-state index in [9.17, 15) is 5.11 Å². The van der Waals surface area contributed by atoms with E-state index in [0.717, 1.165) is 5.56 Å². The zero-order chi connectivity index (χ0) is 13.7. The second-order valence-corrected chi connectivity index (χ2v) is 4.73. The molecular formula is C11H18Br2N4OS2. The normalized spacial score (nSPS) is 8.95. The van der Waals surface area contributed by atoms with Gasteiger partial charge in [-0.3, -0.25) is 10.8 Å². The van der Waals surface area contributed by atoms with Crippen molar-refractivity contribution in [2.45, 2.75) is 20.0 Å². The fraction of sp³-hybridized carbons (Fsp3) is 0.273. The van der Waals surface area contributed by atoms with Crippen LogP contribution in [0.4, 0.5) is 0 Å². The van der Waals surface area contributed by atoms with Gasteiger partial charge in [0.1, 0.15) is 5.75 Å². The summed E-state index contributed by atoms with van der Waals surface area (Å²) in [5, 5.41) is 30.0. The van der Waals surface area contributed by atoms with Crippen LogP contribution < -0.4 is 10.6 Å². The molecule has 0 aliphatic heterocycles. The van der Waals surface area contributed by atoms with Gasteiger partial charge in [0.25, 0.3) is 0 Å². The smallest absolute Gasteiger partial charge is 0.150 e. The van der Waals surface area contributed by atoms with Gasteiger partial charge in [0.15, 0.2) is 10.3 Å². The summed E-state index contributed by atoms with van der Waals surface area (Å²) >= 11 is 7.65. The van der Waals surface area contributed by atoms with Crippen LogP contribution in [-0.4, -0.2) is 15.4 Å². The van der Waals surface area contributed by atoms with Crippen LogP contribution in [0.2, 0.25) is 0 Å². The van der Waals surface area contributed by atoms with Gasteiger partial charge in [0.2, 0.25) is 0 Å². The van der Waals surface area contributed by atoms with Gasteiger partial charge in [0, 0.05) is 24.2 Å². The Hall–Kier alpha value is -0.380. The van der Waals surface area contributed by atoms with E-state index < -0.39 is 0 Å². The number of amidine groups is 2. The lowest BCUT2D eigenvalue weighted by Crippen LogP contribution is -2.19. The van der Waals surface area contributed by atoms with Crippen LogP contribution in [0.25, 0.3) is 0 Å². The fourth-order valence-electron chi connectivity index (χ4n) is 1.56. The van der Waals surface area contributed by atoms with Gasteiger partial charge in [-0.1, -0.05) is 17.7 Å². The molecule has 5 N–H and O–H groups in total. The van der Waals surface area contributed by atoms with Crippen molar-refractivity contribution < 1.29 is 5.11 Å². The second kappa shape index (κ2) is 10.4. The molecule has 0 saturated heterocycles. The SMILES string of the molecule is Br.Br.Cc1cc(CNC(=N)S)c(O)c(CNC(=N)S)c1. The van der Waals surface area contributed by atoms with Gasteiger partial charge >= 0.3 is 0 Å². The number of halogens is 2. The van der Waals surface area contributed by atoms with Gasteiger partial charge in [0.05, 0.1) is 0 Å². The van der Waals surface area contributed by atoms with Crippen LogP contribution in [0.15, 0.2) is 12.1 Å². The van der Waals surface area contributed by atoms with Crippen molar-refractivity contribution in [3.63, 3.8) is 0 Å². The third kappa shape index (κ3) is 7.41. The number of phenols is 1. The van der Waals surface area contributed by atoms with Crippen molar-refractivity contribution in [2.75, 3.05) is 0 Å². The molecule has 114 valence electrons. The number of phenolic OH excluding ortho intramolecular Hbond substituents is 1. The molecule has 0 saturated carbocycles. The summed E-state index contributed by atoms with van der Waals surface area (Å²) in [4.78, 5) is 0. The molecule has 1 aromatic carbocycles. The molecular weight excluding hydrogens is 428 g/mol. The average Bonchev–Trinajstić information content (AvgIpc) is 2.27. The third-order valence-corrected chi connectivity index (χ3v) is 2.62. The maximum Gasteiger partial charge on any atom is 0.150 e. The molecule has 0 aliphatic rings. The standard InChI is InChI=1S/C11H16N4OS2.2BrH/c1-6-2-7(4-14-10(12)17)9(16)8(3-6)5-15-11(13)18;;/h2-3,16H,4-5H2,1H3,(H3,12,14,17)(H3,13,15,18);2*1H. The number of aryl methyl sites for hydroxylation is 1. The molecule has 20 heavy (non-hydrogen) atoms. The number of nitrogens with one attached hydrogen (secondary N) is 4. The number of benzene rings is 1. The molecule has 0 fully saturated rings. The Morgan fingerprint density at radius 3 is 1.70 bits per heavy atom. The molecule has 0 radical (unpaired) electrons. The lowest BCUT2D eigenvalue weighted by Gasteiger charge is -2.13. The maximum atomic E-state index is 10.1. The highest BCUT2D eigenvalue weighted by Crippen LogP contribution is 2.24. The average molecular weight is 446 g/mol. The second-order valence-electron chi connectivity index (χ2n) is 3.84. The Morgan fingerprint density at radius 1 is 1.05 bits per heavy atom. The lowest BCUT2D eigenvalue weighted by molar-refractivity contribution is 0.459. The minimum atomic E-state index is 0. The third-order valence-electron chi connectivity index (χ3n) is 2.30. The molecule has 1 rings (SSSR count). The summed E-state index contributed by atoms with van der Waals surface area (Å²) in [7, 11) is 0. The van der Waals surface area contributed by atoms with Crippen LogP contribution in [0.1, 0.15) is 16.7 Å². The Morgan fingerprint density at radius 2 is 1.40 bits per heavy atom. The van der Waals surface area contributed by atoms with Gasteiger partial charge in [-0.15, -0.1) is 59.2 Å². The first-order chi connectivity index (χ1) is 8.40. The van der Waals surface area contributed by atoms with Crippen LogP contribution in [0.5, 0.6) is 5.75 Å². The van der Waals surface area contributed by atoms with Crippen LogP contribution in [-0.2, 0) is 13.1 Å². The van der Waals surface area contributed by atoms with Crippen LogP contribution in [0.3, 0.4) is 0 Å². The molecule has 0 bridgehead atoms. The first-order valence-electron chi connectivity index (χ1n) is 5.24. The minimum Gasteiger partial charge on any atom is -0.507 e. The van der Waals surface area contributed by atoms with Crippen molar-refractivity contribution in [1.29, 1.82) is 10.8 Å². The molecule has 0 unspecified atom stereocenters. The number of hydrogen-bond acceptors (Lipinski definition) is 3. The van der Waals surface area contributed by atoms with E-state index in [0.29, 0.717) is 24.2 Å². The van der Waals surface area contributed by atoms with Gasteiger partial charge in [-0.05, 0) is 6.92 Å². The van der Waals surface area contributed by atoms with Crippen molar-refractivity contribution in [2.24, 2.45) is 0 Å². The molecule has 0 atom stereocenters. The molecule has 5 nitrogen and oxygen atoms in total. The highest BCUT2D eigenvalue weighted by atomic mass is 79.9. The molecule has 1 aromatic rings. The van der Waals surface area contributed by atoms with Gasteiger partial charge in [-0.25, -0.2) is 0 Å². The molecule has 0 aliphatic carbocycles. The number of thiol groups is 2. The first-order valence-corrected chi connectivity index (χ1v) is 6.13. The Kier molecular flexibility index (Phi) is 11.4. The number of hydrogen-bond donors (Lipinski definition) is 7. The Balaban J connectivity index is 0. The molecule has 0 heterocycles. The predicted octanol–water partition coefficient (Wildman–Crippen LogP) is 2.76. The minimum absolute atomic E-state index is 0. The summed E-state index contributed by atoms with van der Waals surface area (Å²) < 4.78 is 0. The molecule has 0 aromatic heterocycles. The fourth-order valence-corrected chi connectivity index (χ4v) is 1.72. The number of rotatable bonds is 4. The van der Waals surface area contributed by atoms with E-state index >= 15 is 0 Å². The Bertz CT molecular complexity index is 446. The summed E-state index contributed by atoms with van der Waals surface area (Å²) in [5.41, 5.74) is 2.38. The van der Waals surface area contributed by atoms with Gasteiger partial charge < -0.3 is 15.7 Å². The predicted molar refractivity (Wildman–Crippen MR) is 101 cm³/mol. The largest absolute Gasteiger partial charge is 0.507 e. The first kappa shape index (κ1) is 21.9. The summed E-state index contributed by atoms with van der Waals surface area (Å²) in [6, 6.07) is 3.68. The molecule has 0 amide bonds. The zero-order valence-electron chi connectivity index (χ0n) is 10.7. The number of aromatic hydroxyl groups is 1. The summed E-state index contributed by atoms with van der Waals surface area (Å²) in [6.45, 7) is 2.59. The van der Waals surface area contributed by atoms with Crippen molar-refractivity contribution in [1.82, 2.24) is 10.6 Å². The highest BCUT2D eigenvalue weighted by molar-refractivity contribution is 8.93. The summed E-state index contributed by atoms with van der Waals surface area (Å²) in [6.07, 6.45) is 0. The maximum absolute atomic E-state index is 10.1. The van der Waals surface area contributed by atoms with Crippen molar-refractivity contribution >= 4 is 69.6 Å². The van der Waals surface area contributed by atoms with E-state index in [2.05, 4.69) is 35.9 Å². The molecule has 0 spiro atoms. The van der Waals surface area contributed by atoms with E-state index in [4.69, 9.17) is 10.8 Å². The van der Waals surface area contributed by atoms with Crippen molar-refractivity contribution in [3.05, 3.63) is 28.8 Å². The van der Waals surface area contributed by atoms with Crippen molar-refractivity contribution in [3.8, 4) is 5.75 Å². The van der Waals surface area contributed by atoms with E-state index in [1.54, 1.807) is 0 Å². The lowest BCUT2D eigenvalue weighted by atomic mass is 10.0. The van der Waals surface area contributed by atoms with E-state index in [-0.39, 0.29) is 50.0 Å². The molecule has 9 heteroatoms. The van der Waals surface area contributed by atoms with Gasteiger partial charge in [-0.2, -0.15) is 0 Å². The Labute approximate surface area is 150 Å². The van der Waals surface area contributed by atoms with E-state index in [1.807, 2.05) is 19.1 Å². The zero-order valence-corrected chi connectivity index (χ0v) is 15.9. The highest BCUT2D eigenvalue weighted by Gasteiger charge is 2.09. The quantitative estimate of drug-likeness (QED) is 0.221.